The van der Waals surface area contributed by atoms with E-state index >= 15 is 0 Å². The summed E-state index contributed by atoms with van der Waals surface area (Å²) in [6.07, 6.45) is 2.21. The molecule has 0 radical (unpaired) electrons. The van der Waals surface area contributed by atoms with Crippen molar-refractivity contribution in [1.82, 2.24) is 0 Å². The van der Waals surface area contributed by atoms with Gasteiger partial charge in [-0.05, 0) is 37.4 Å². The van der Waals surface area contributed by atoms with Crippen molar-refractivity contribution in [1.29, 1.82) is 0 Å². The maximum atomic E-state index is 12.2. The molecule has 1 aromatic rings. The molecule has 0 saturated carbocycles. The molecule has 0 bridgehead atoms. The first-order chi connectivity index (χ1) is 8.15. The third kappa shape index (κ3) is 2.61. The van der Waals surface area contributed by atoms with Crippen LogP contribution in [-0.4, -0.2) is 27.3 Å². The van der Waals surface area contributed by atoms with Crippen molar-refractivity contribution in [3.05, 3.63) is 29.8 Å². The van der Waals surface area contributed by atoms with Crippen LogP contribution in [0.5, 0.6) is 0 Å². The van der Waals surface area contributed by atoms with Crippen LogP contribution in [0.15, 0.2) is 24.3 Å². The molecule has 94 valence electrons. The van der Waals surface area contributed by atoms with Gasteiger partial charge in [-0.2, -0.15) is 0 Å². The molecule has 0 atom stereocenters. The quantitative estimate of drug-likeness (QED) is 0.801. The van der Waals surface area contributed by atoms with Crippen LogP contribution in [0.1, 0.15) is 18.4 Å². The van der Waals surface area contributed by atoms with Crippen LogP contribution in [0.4, 0.5) is 5.69 Å². The molecule has 0 unspecified atom stereocenters. The van der Waals surface area contributed by atoms with Crippen molar-refractivity contribution in [3.8, 4) is 0 Å². The highest BCUT2D eigenvalue weighted by Crippen LogP contribution is 2.30. The van der Waals surface area contributed by atoms with Crippen LogP contribution in [0.3, 0.4) is 0 Å². The number of rotatable bonds is 5. The zero-order chi connectivity index (χ0) is 12.3. The van der Waals surface area contributed by atoms with Gasteiger partial charge in [-0.3, -0.25) is 4.31 Å². The van der Waals surface area contributed by atoms with Gasteiger partial charge in [0.15, 0.2) is 0 Å². The standard InChI is InChI=1S/C12H18N2O2S/c13-8-3-4-10-17(15,16)14-9-7-11-5-1-2-6-12(11)14/h1-2,5-6H,3-4,7-10,13H2. The zero-order valence-electron chi connectivity index (χ0n) is 9.80. The van der Waals surface area contributed by atoms with E-state index in [1.54, 1.807) is 4.31 Å². The molecule has 17 heavy (non-hydrogen) atoms. The molecule has 5 heteroatoms. The highest BCUT2D eigenvalue weighted by molar-refractivity contribution is 7.92. The molecular formula is C12H18N2O2S. The summed E-state index contributed by atoms with van der Waals surface area (Å²) in [4.78, 5) is 0. The summed E-state index contributed by atoms with van der Waals surface area (Å²) in [5.41, 5.74) is 7.35. The fourth-order valence-electron chi connectivity index (χ4n) is 2.14. The van der Waals surface area contributed by atoms with Crippen molar-refractivity contribution < 1.29 is 8.42 Å². The van der Waals surface area contributed by atoms with E-state index in [9.17, 15) is 8.42 Å². The lowest BCUT2D eigenvalue weighted by molar-refractivity contribution is 0.588. The summed E-state index contributed by atoms with van der Waals surface area (Å²) in [7, 11) is -3.17. The minimum absolute atomic E-state index is 0.193. The normalized spacial score (nSPS) is 15.0. The van der Waals surface area contributed by atoms with Crippen molar-refractivity contribution in [2.24, 2.45) is 5.73 Å². The molecule has 0 fully saturated rings. The number of sulfonamides is 1. The van der Waals surface area contributed by atoms with E-state index in [4.69, 9.17) is 5.73 Å². The van der Waals surface area contributed by atoms with Crippen LogP contribution in [-0.2, 0) is 16.4 Å². The fourth-order valence-corrected chi connectivity index (χ4v) is 3.77. The van der Waals surface area contributed by atoms with E-state index in [0.717, 1.165) is 24.1 Å². The maximum Gasteiger partial charge on any atom is 0.235 e. The number of para-hydroxylation sites is 1. The Morgan fingerprint density at radius 2 is 2.00 bits per heavy atom. The van der Waals surface area contributed by atoms with Crippen LogP contribution >= 0.6 is 0 Å². The molecule has 0 saturated heterocycles. The van der Waals surface area contributed by atoms with E-state index in [1.165, 1.54) is 0 Å². The number of benzene rings is 1. The van der Waals surface area contributed by atoms with Crippen LogP contribution < -0.4 is 10.0 Å². The van der Waals surface area contributed by atoms with E-state index in [1.807, 2.05) is 24.3 Å². The number of nitrogens with zero attached hydrogens (tertiary/aromatic N) is 1. The minimum atomic E-state index is -3.17. The Balaban J connectivity index is 2.14. The van der Waals surface area contributed by atoms with Crippen molar-refractivity contribution >= 4 is 15.7 Å². The molecule has 2 N–H and O–H groups in total. The SMILES string of the molecule is NCCCCS(=O)(=O)N1CCc2ccccc21. The largest absolute Gasteiger partial charge is 0.330 e. The van der Waals surface area contributed by atoms with Gasteiger partial charge in [-0.25, -0.2) is 8.42 Å². The highest BCUT2D eigenvalue weighted by Gasteiger charge is 2.28. The second kappa shape index (κ2) is 5.06. The Bertz CT molecular complexity index is 485. The van der Waals surface area contributed by atoms with Gasteiger partial charge in [-0.15, -0.1) is 0 Å². The Morgan fingerprint density at radius 3 is 2.76 bits per heavy atom. The van der Waals surface area contributed by atoms with Gasteiger partial charge < -0.3 is 5.73 Å². The topological polar surface area (TPSA) is 63.4 Å². The Kier molecular flexibility index (Phi) is 3.69. The number of unbranched alkanes of at least 4 members (excludes halogenated alkanes) is 1. The average molecular weight is 254 g/mol. The summed E-state index contributed by atoms with van der Waals surface area (Å²) in [6, 6.07) is 7.70. The molecule has 0 aromatic heterocycles. The third-order valence-corrected chi connectivity index (χ3v) is 4.89. The van der Waals surface area contributed by atoms with E-state index in [0.29, 0.717) is 19.5 Å². The lowest BCUT2D eigenvalue weighted by Gasteiger charge is -2.19. The van der Waals surface area contributed by atoms with Gasteiger partial charge in [0.05, 0.1) is 11.4 Å². The van der Waals surface area contributed by atoms with Crippen LogP contribution in [0.25, 0.3) is 0 Å². The average Bonchev–Trinajstić information content (AvgIpc) is 2.73. The molecule has 1 heterocycles. The van der Waals surface area contributed by atoms with E-state index in [-0.39, 0.29) is 5.75 Å². The first-order valence-corrected chi connectivity index (χ1v) is 7.54. The predicted molar refractivity (Wildman–Crippen MR) is 69.6 cm³/mol. The van der Waals surface area contributed by atoms with Crippen molar-refractivity contribution in [2.75, 3.05) is 23.1 Å². The molecular weight excluding hydrogens is 236 g/mol. The van der Waals surface area contributed by atoms with Crippen molar-refractivity contribution in [3.63, 3.8) is 0 Å². The first-order valence-electron chi connectivity index (χ1n) is 5.93. The van der Waals surface area contributed by atoms with E-state index < -0.39 is 10.0 Å². The smallest absolute Gasteiger partial charge is 0.235 e. The molecule has 0 spiro atoms. The van der Waals surface area contributed by atoms with E-state index in [2.05, 4.69) is 0 Å². The number of hydrogen-bond donors (Lipinski definition) is 1. The molecule has 1 aliphatic heterocycles. The monoisotopic (exact) mass is 254 g/mol. The molecule has 1 aliphatic rings. The molecule has 2 rings (SSSR count). The van der Waals surface area contributed by atoms with Crippen molar-refractivity contribution in [2.45, 2.75) is 19.3 Å². The van der Waals surface area contributed by atoms with Gasteiger partial charge in [-0.1, -0.05) is 18.2 Å². The number of nitrogens with two attached hydrogens (primary N) is 1. The fraction of sp³-hybridized carbons (Fsp3) is 0.500. The van der Waals surface area contributed by atoms with Gasteiger partial charge in [0.25, 0.3) is 0 Å². The Labute approximate surface area is 102 Å². The zero-order valence-corrected chi connectivity index (χ0v) is 10.6. The molecule has 0 amide bonds. The summed E-state index contributed by atoms with van der Waals surface area (Å²) < 4.78 is 25.9. The first kappa shape index (κ1) is 12.4. The lowest BCUT2D eigenvalue weighted by atomic mass is 10.2. The van der Waals surface area contributed by atoms with Gasteiger partial charge in [0.1, 0.15) is 0 Å². The maximum absolute atomic E-state index is 12.2. The van der Waals surface area contributed by atoms with Gasteiger partial charge in [0.2, 0.25) is 10.0 Å². The minimum Gasteiger partial charge on any atom is -0.330 e. The molecule has 0 aliphatic carbocycles. The highest BCUT2D eigenvalue weighted by atomic mass is 32.2. The van der Waals surface area contributed by atoms with Gasteiger partial charge >= 0.3 is 0 Å². The Morgan fingerprint density at radius 1 is 1.24 bits per heavy atom. The number of hydrogen-bond acceptors (Lipinski definition) is 3. The second-order valence-corrected chi connectivity index (χ2v) is 6.28. The molecule has 4 nitrogen and oxygen atoms in total. The molecule has 1 aromatic carbocycles. The van der Waals surface area contributed by atoms with Gasteiger partial charge in [0, 0.05) is 6.54 Å². The summed E-state index contributed by atoms with van der Waals surface area (Å²) in [5, 5.41) is 0. The predicted octanol–water partition coefficient (Wildman–Crippen LogP) is 1.12. The Hall–Kier alpha value is -1.07. The summed E-state index contributed by atoms with van der Waals surface area (Å²) >= 11 is 0. The third-order valence-electron chi connectivity index (χ3n) is 3.04. The number of fused-ring (bicyclic) bond motifs is 1. The lowest BCUT2D eigenvalue weighted by Crippen LogP contribution is -2.31. The summed E-state index contributed by atoms with van der Waals surface area (Å²) in [5.74, 6) is 0.193. The second-order valence-electron chi connectivity index (χ2n) is 4.26. The van der Waals surface area contributed by atoms with Crippen LogP contribution in [0.2, 0.25) is 0 Å². The summed E-state index contributed by atoms with van der Waals surface area (Å²) in [6.45, 7) is 1.12. The number of anilines is 1. The van der Waals surface area contributed by atoms with Crippen LogP contribution in [0, 0.1) is 0 Å².